The molecule has 4 heteroatoms. The van der Waals surface area contributed by atoms with Crippen molar-refractivity contribution in [1.29, 1.82) is 0 Å². The third-order valence-corrected chi connectivity index (χ3v) is 4.82. The molecular formula is C17H26N2O2. The van der Waals surface area contributed by atoms with Crippen molar-refractivity contribution in [3.05, 3.63) is 23.8 Å². The Labute approximate surface area is 127 Å². The summed E-state index contributed by atoms with van der Waals surface area (Å²) in [7, 11) is 0. The molecule has 0 bridgehead atoms. The molecule has 21 heavy (non-hydrogen) atoms. The van der Waals surface area contributed by atoms with E-state index in [1.807, 2.05) is 12.1 Å². The smallest absolute Gasteiger partial charge is 0.338 e. The molecule has 1 aromatic rings. The normalized spacial score (nSPS) is 17.0. The Hall–Kier alpha value is -1.71. The highest BCUT2D eigenvalue weighted by Gasteiger charge is 2.35. The van der Waals surface area contributed by atoms with Gasteiger partial charge in [-0.1, -0.05) is 13.8 Å². The molecule has 1 aromatic carbocycles. The van der Waals surface area contributed by atoms with Crippen LogP contribution in [0.5, 0.6) is 0 Å². The minimum absolute atomic E-state index is 0.311. The quantitative estimate of drug-likeness (QED) is 0.666. The van der Waals surface area contributed by atoms with Crippen molar-refractivity contribution in [2.45, 2.75) is 40.0 Å². The summed E-state index contributed by atoms with van der Waals surface area (Å²) in [5.41, 5.74) is 8.78. The van der Waals surface area contributed by atoms with Gasteiger partial charge in [-0.05, 0) is 49.8 Å². The maximum Gasteiger partial charge on any atom is 0.338 e. The lowest BCUT2D eigenvalue weighted by Crippen LogP contribution is -2.26. The Balaban J connectivity index is 2.17. The summed E-state index contributed by atoms with van der Waals surface area (Å²) in [5.74, 6) is -0.311. The summed E-state index contributed by atoms with van der Waals surface area (Å²) in [6.45, 7) is 8.78. The van der Waals surface area contributed by atoms with Gasteiger partial charge in [-0.15, -0.1) is 0 Å². The largest absolute Gasteiger partial charge is 0.462 e. The number of nitrogen functional groups attached to an aromatic ring is 1. The zero-order valence-corrected chi connectivity index (χ0v) is 13.3. The van der Waals surface area contributed by atoms with E-state index in [4.69, 9.17) is 10.5 Å². The average molecular weight is 290 g/mol. The van der Waals surface area contributed by atoms with Crippen molar-refractivity contribution in [1.82, 2.24) is 0 Å². The maximum absolute atomic E-state index is 11.7. The molecule has 2 N–H and O–H groups in total. The molecule has 1 fully saturated rings. The molecule has 0 atom stereocenters. The summed E-state index contributed by atoms with van der Waals surface area (Å²) in [6.07, 6.45) is 3.60. The van der Waals surface area contributed by atoms with Gasteiger partial charge in [-0.3, -0.25) is 0 Å². The van der Waals surface area contributed by atoms with Crippen molar-refractivity contribution in [3.63, 3.8) is 0 Å². The number of benzene rings is 1. The monoisotopic (exact) mass is 290 g/mol. The number of hydrogen-bond donors (Lipinski definition) is 1. The minimum atomic E-state index is -0.311. The summed E-state index contributed by atoms with van der Waals surface area (Å²) < 4.78 is 5.01. The Bertz CT molecular complexity index is 510. The van der Waals surface area contributed by atoms with Crippen LogP contribution in [0, 0.1) is 5.41 Å². The molecule has 0 saturated carbocycles. The Morgan fingerprint density at radius 2 is 2.05 bits per heavy atom. The van der Waals surface area contributed by atoms with Gasteiger partial charge in [-0.2, -0.15) is 0 Å². The molecular weight excluding hydrogens is 264 g/mol. The number of anilines is 2. The molecule has 2 rings (SSSR count). The topological polar surface area (TPSA) is 55.6 Å². The molecule has 0 aliphatic carbocycles. The van der Waals surface area contributed by atoms with Crippen molar-refractivity contribution in [3.8, 4) is 0 Å². The van der Waals surface area contributed by atoms with Crippen LogP contribution in [0.1, 0.15) is 50.4 Å². The molecule has 0 spiro atoms. The third kappa shape index (κ3) is 3.14. The summed E-state index contributed by atoms with van der Waals surface area (Å²) in [4.78, 5) is 14.1. The van der Waals surface area contributed by atoms with E-state index in [1.165, 1.54) is 19.3 Å². The number of rotatable bonds is 5. The van der Waals surface area contributed by atoms with Gasteiger partial charge in [0.15, 0.2) is 0 Å². The molecule has 1 aliphatic rings. The van der Waals surface area contributed by atoms with Crippen LogP contribution in [0.3, 0.4) is 0 Å². The molecule has 0 aromatic heterocycles. The van der Waals surface area contributed by atoms with Crippen LogP contribution < -0.4 is 10.6 Å². The Morgan fingerprint density at radius 1 is 1.33 bits per heavy atom. The lowest BCUT2D eigenvalue weighted by Gasteiger charge is -2.27. The van der Waals surface area contributed by atoms with E-state index in [1.54, 1.807) is 13.0 Å². The summed E-state index contributed by atoms with van der Waals surface area (Å²) in [6, 6.07) is 5.48. The van der Waals surface area contributed by atoms with Crippen molar-refractivity contribution in [2.75, 3.05) is 30.3 Å². The summed E-state index contributed by atoms with van der Waals surface area (Å²) >= 11 is 0. The number of carbonyl (C=O) groups excluding carboxylic acids is 1. The van der Waals surface area contributed by atoms with Crippen molar-refractivity contribution >= 4 is 17.3 Å². The SMILES string of the molecule is CCOC(=O)c1ccc(N2CCC(CC)(CC)C2)c(N)c1. The number of carbonyl (C=O) groups is 1. The molecule has 1 aliphatic heterocycles. The zero-order chi connectivity index (χ0) is 15.5. The Kier molecular flexibility index (Phi) is 4.76. The van der Waals surface area contributed by atoms with E-state index < -0.39 is 0 Å². The van der Waals surface area contributed by atoms with Crippen LogP contribution in [0.4, 0.5) is 11.4 Å². The van der Waals surface area contributed by atoms with Crippen LogP contribution in [0.2, 0.25) is 0 Å². The lowest BCUT2D eigenvalue weighted by molar-refractivity contribution is 0.0526. The molecule has 116 valence electrons. The highest BCUT2D eigenvalue weighted by molar-refractivity contribution is 5.92. The second-order valence-corrected chi connectivity index (χ2v) is 5.87. The van der Waals surface area contributed by atoms with Gasteiger partial charge in [-0.25, -0.2) is 4.79 Å². The fourth-order valence-corrected chi connectivity index (χ4v) is 3.15. The van der Waals surface area contributed by atoms with Gasteiger partial charge >= 0.3 is 5.97 Å². The van der Waals surface area contributed by atoms with E-state index in [2.05, 4.69) is 18.7 Å². The number of esters is 1. The van der Waals surface area contributed by atoms with Crippen LogP contribution in [-0.4, -0.2) is 25.7 Å². The van der Waals surface area contributed by atoms with Crippen LogP contribution in [0.25, 0.3) is 0 Å². The molecule has 0 radical (unpaired) electrons. The predicted octanol–water partition coefficient (Wildman–Crippen LogP) is 3.46. The first-order valence-electron chi connectivity index (χ1n) is 7.87. The fraction of sp³-hybridized carbons (Fsp3) is 0.588. The molecule has 4 nitrogen and oxygen atoms in total. The lowest BCUT2D eigenvalue weighted by atomic mass is 9.82. The van der Waals surface area contributed by atoms with Crippen molar-refractivity contribution < 1.29 is 9.53 Å². The maximum atomic E-state index is 11.7. The van der Waals surface area contributed by atoms with Gasteiger partial charge < -0.3 is 15.4 Å². The van der Waals surface area contributed by atoms with E-state index in [9.17, 15) is 4.79 Å². The van der Waals surface area contributed by atoms with E-state index in [-0.39, 0.29) is 5.97 Å². The van der Waals surface area contributed by atoms with Gasteiger partial charge in [0.2, 0.25) is 0 Å². The number of nitrogens with zero attached hydrogens (tertiary/aromatic N) is 1. The van der Waals surface area contributed by atoms with Crippen LogP contribution in [-0.2, 0) is 4.74 Å². The van der Waals surface area contributed by atoms with Gasteiger partial charge in [0.1, 0.15) is 0 Å². The Morgan fingerprint density at radius 3 is 2.57 bits per heavy atom. The van der Waals surface area contributed by atoms with E-state index in [0.717, 1.165) is 18.8 Å². The first-order valence-corrected chi connectivity index (χ1v) is 7.87. The van der Waals surface area contributed by atoms with Gasteiger partial charge in [0.25, 0.3) is 0 Å². The van der Waals surface area contributed by atoms with E-state index in [0.29, 0.717) is 23.3 Å². The minimum Gasteiger partial charge on any atom is -0.462 e. The average Bonchev–Trinajstić information content (AvgIpc) is 2.92. The number of ether oxygens (including phenoxy) is 1. The zero-order valence-electron chi connectivity index (χ0n) is 13.3. The van der Waals surface area contributed by atoms with Crippen LogP contribution >= 0.6 is 0 Å². The second kappa shape index (κ2) is 6.37. The number of hydrogen-bond acceptors (Lipinski definition) is 4. The van der Waals surface area contributed by atoms with E-state index >= 15 is 0 Å². The highest BCUT2D eigenvalue weighted by Crippen LogP contribution is 2.40. The van der Waals surface area contributed by atoms with Crippen molar-refractivity contribution in [2.24, 2.45) is 5.41 Å². The molecule has 0 unspecified atom stereocenters. The standard InChI is InChI=1S/C17H26N2O2/c1-4-17(5-2)9-10-19(12-17)15-8-7-13(11-14(15)18)16(20)21-6-3/h7-8,11H,4-6,9-10,12,18H2,1-3H3. The highest BCUT2D eigenvalue weighted by atomic mass is 16.5. The van der Waals surface area contributed by atoms with Crippen LogP contribution in [0.15, 0.2) is 18.2 Å². The van der Waals surface area contributed by atoms with Gasteiger partial charge in [0.05, 0.1) is 23.5 Å². The molecule has 1 heterocycles. The predicted molar refractivity (Wildman–Crippen MR) is 86.7 cm³/mol. The fourth-order valence-electron chi connectivity index (χ4n) is 3.15. The molecule has 0 amide bonds. The first-order chi connectivity index (χ1) is 10.0. The van der Waals surface area contributed by atoms with Gasteiger partial charge in [0, 0.05) is 13.1 Å². The molecule has 1 saturated heterocycles. The summed E-state index contributed by atoms with van der Waals surface area (Å²) in [5, 5.41) is 0. The second-order valence-electron chi connectivity index (χ2n) is 5.87. The number of nitrogens with two attached hydrogens (primary N) is 1. The third-order valence-electron chi connectivity index (χ3n) is 4.82. The first kappa shape index (κ1) is 15.7.